The second-order valence-corrected chi connectivity index (χ2v) is 7.29. The van der Waals surface area contributed by atoms with Crippen molar-refractivity contribution in [2.75, 3.05) is 13.4 Å². The summed E-state index contributed by atoms with van der Waals surface area (Å²) >= 11 is 6.56. The van der Waals surface area contributed by atoms with Crippen LogP contribution in [0.2, 0.25) is 5.02 Å². The Bertz CT molecular complexity index is 946. The van der Waals surface area contributed by atoms with Crippen LogP contribution in [0.25, 0.3) is 0 Å². The van der Waals surface area contributed by atoms with Gasteiger partial charge in [0.15, 0.2) is 17.3 Å². The maximum absolute atomic E-state index is 12.9. The Morgan fingerprint density at radius 2 is 2.11 bits per heavy atom. The van der Waals surface area contributed by atoms with Crippen molar-refractivity contribution >= 4 is 23.4 Å². The molecule has 0 radical (unpaired) electrons. The Balaban J connectivity index is 1.88. The second-order valence-electron chi connectivity index (χ2n) is 6.88. The lowest BCUT2D eigenvalue weighted by molar-refractivity contribution is -0.138. The van der Waals surface area contributed by atoms with Gasteiger partial charge >= 0.3 is 5.97 Å². The number of ketones is 1. The van der Waals surface area contributed by atoms with Gasteiger partial charge in [-0.3, -0.25) is 4.79 Å². The van der Waals surface area contributed by atoms with Crippen LogP contribution in [0.15, 0.2) is 47.3 Å². The first kappa shape index (κ1) is 18.6. The molecule has 146 valence electrons. The quantitative estimate of drug-likeness (QED) is 0.611. The fourth-order valence-corrected chi connectivity index (χ4v) is 4.19. The molecule has 0 fully saturated rings. The molecule has 7 heteroatoms. The fraction of sp³-hybridized carbons (Fsp3) is 0.333. The summed E-state index contributed by atoms with van der Waals surface area (Å²) in [5, 5.41) is 3.65. The number of rotatable bonds is 4. The predicted molar refractivity (Wildman–Crippen MR) is 103 cm³/mol. The van der Waals surface area contributed by atoms with Crippen LogP contribution in [-0.2, 0) is 14.3 Å². The number of fused-ring (bicyclic) bond motifs is 1. The molecule has 0 unspecified atom stereocenters. The van der Waals surface area contributed by atoms with E-state index in [4.69, 9.17) is 25.8 Å². The molecule has 3 aliphatic rings. The maximum Gasteiger partial charge on any atom is 0.337 e. The van der Waals surface area contributed by atoms with Gasteiger partial charge in [0, 0.05) is 40.4 Å². The molecule has 1 aromatic carbocycles. The van der Waals surface area contributed by atoms with E-state index in [1.807, 2.05) is 0 Å². The van der Waals surface area contributed by atoms with Gasteiger partial charge in [-0.1, -0.05) is 24.3 Å². The Kier molecular flexibility index (Phi) is 4.89. The molecule has 0 spiro atoms. The number of nitrogens with one attached hydrogen (secondary N) is 1. The van der Waals surface area contributed by atoms with E-state index < -0.39 is 11.9 Å². The first-order valence-electron chi connectivity index (χ1n) is 9.12. The normalized spacial score (nSPS) is 20.6. The average molecular weight is 402 g/mol. The molecule has 1 N–H and O–H groups in total. The minimum Gasteiger partial charge on any atom is -0.458 e. The molecule has 0 saturated heterocycles. The van der Waals surface area contributed by atoms with Crippen molar-refractivity contribution in [1.82, 2.24) is 5.32 Å². The van der Waals surface area contributed by atoms with Crippen molar-refractivity contribution in [1.29, 1.82) is 0 Å². The van der Waals surface area contributed by atoms with Crippen molar-refractivity contribution in [3.8, 4) is 11.5 Å². The lowest BCUT2D eigenvalue weighted by Gasteiger charge is -2.34. The van der Waals surface area contributed by atoms with Crippen molar-refractivity contribution in [2.24, 2.45) is 0 Å². The monoisotopic (exact) mass is 401 g/mol. The van der Waals surface area contributed by atoms with E-state index in [2.05, 4.69) is 11.9 Å². The molecular formula is C21H20ClNO5. The van der Waals surface area contributed by atoms with Gasteiger partial charge in [0.1, 0.15) is 6.61 Å². The molecule has 4 rings (SSSR count). The molecular weight excluding hydrogens is 382 g/mol. The Morgan fingerprint density at radius 3 is 2.86 bits per heavy atom. The zero-order valence-electron chi connectivity index (χ0n) is 15.5. The number of hydrogen-bond acceptors (Lipinski definition) is 6. The van der Waals surface area contributed by atoms with Gasteiger partial charge in [-0.05, 0) is 31.4 Å². The number of Topliss-reactive ketones (excluding diaryl/α,β-unsaturated/α-hetero) is 1. The average Bonchev–Trinajstić information content (AvgIpc) is 3.11. The SMILES string of the molecule is C=CCOC(=O)C1=C(C)NC2=C(C(=O)CCC2)[C@@H]1c1cc2c(cc1Cl)OCO2. The molecule has 1 aromatic rings. The molecule has 6 nitrogen and oxygen atoms in total. The van der Waals surface area contributed by atoms with Crippen LogP contribution < -0.4 is 14.8 Å². The van der Waals surface area contributed by atoms with Gasteiger partial charge in [0.2, 0.25) is 6.79 Å². The number of carbonyl (C=O) groups is 2. The minimum absolute atomic E-state index is 0.00834. The number of hydrogen-bond donors (Lipinski definition) is 1. The summed E-state index contributed by atoms with van der Waals surface area (Å²) in [4.78, 5) is 25.7. The second kappa shape index (κ2) is 7.36. The van der Waals surface area contributed by atoms with Crippen LogP contribution in [0, 0.1) is 0 Å². The van der Waals surface area contributed by atoms with Gasteiger partial charge in [-0.25, -0.2) is 4.79 Å². The van der Waals surface area contributed by atoms with E-state index in [-0.39, 0.29) is 19.2 Å². The van der Waals surface area contributed by atoms with Crippen molar-refractivity contribution in [3.05, 3.63) is 57.9 Å². The van der Waals surface area contributed by atoms with E-state index in [9.17, 15) is 9.59 Å². The van der Waals surface area contributed by atoms with Crippen LogP contribution in [0.1, 0.15) is 37.7 Å². The number of esters is 1. The van der Waals surface area contributed by atoms with E-state index in [1.165, 1.54) is 6.08 Å². The summed E-state index contributed by atoms with van der Waals surface area (Å²) in [6, 6.07) is 3.41. The lowest BCUT2D eigenvalue weighted by atomic mass is 9.75. The van der Waals surface area contributed by atoms with Crippen LogP contribution in [-0.4, -0.2) is 25.2 Å². The molecule has 0 amide bonds. The molecule has 1 aliphatic carbocycles. The van der Waals surface area contributed by atoms with Gasteiger partial charge in [0.25, 0.3) is 0 Å². The number of carbonyl (C=O) groups excluding carboxylic acids is 2. The number of halogens is 1. The van der Waals surface area contributed by atoms with Crippen LogP contribution in [0.5, 0.6) is 11.5 Å². The summed E-state index contributed by atoms with van der Waals surface area (Å²) in [7, 11) is 0. The van der Waals surface area contributed by atoms with E-state index in [1.54, 1.807) is 19.1 Å². The predicted octanol–water partition coefficient (Wildman–Crippen LogP) is 3.77. The summed E-state index contributed by atoms with van der Waals surface area (Å²) in [5.74, 6) is -0.0333. The highest BCUT2D eigenvalue weighted by atomic mass is 35.5. The van der Waals surface area contributed by atoms with Gasteiger partial charge in [0.05, 0.1) is 5.57 Å². The molecule has 0 saturated carbocycles. The molecule has 28 heavy (non-hydrogen) atoms. The topological polar surface area (TPSA) is 73.9 Å². The first-order chi connectivity index (χ1) is 13.5. The smallest absolute Gasteiger partial charge is 0.337 e. The third kappa shape index (κ3) is 3.07. The largest absolute Gasteiger partial charge is 0.458 e. The zero-order chi connectivity index (χ0) is 19.8. The summed E-state index contributed by atoms with van der Waals surface area (Å²) in [5.41, 5.74) is 3.06. The van der Waals surface area contributed by atoms with Crippen molar-refractivity contribution in [3.63, 3.8) is 0 Å². The fourth-order valence-electron chi connectivity index (χ4n) is 3.93. The molecule has 0 aromatic heterocycles. The summed E-state index contributed by atoms with van der Waals surface area (Å²) in [6.07, 6.45) is 3.46. The number of benzene rings is 1. The molecule has 2 aliphatic heterocycles. The van der Waals surface area contributed by atoms with E-state index >= 15 is 0 Å². The van der Waals surface area contributed by atoms with E-state index in [0.29, 0.717) is 45.3 Å². The minimum atomic E-state index is -0.622. The molecule has 2 heterocycles. The third-order valence-corrected chi connectivity index (χ3v) is 5.46. The zero-order valence-corrected chi connectivity index (χ0v) is 16.2. The Morgan fingerprint density at radius 1 is 1.36 bits per heavy atom. The highest BCUT2D eigenvalue weighted by Crippen LogP contribution is 2.47. The summed E-state index contributed by atoms with van der Waals surface area (Å²) < 4.78 is 16.2. The third-order valence-electron chi connectivity index (χ3n) is 5.13. The van der Waals surface area contributed by atoms with Gasteiger partial charge < -0.3 is 19.5 Å². The number of dihydropyridines is 1. The van der Waals surface area contributed by atoms with Gasteiger partial charge in [-0.15, -0.1) is 0 Å². The van der Waals surface area contributed by atoms with Crippen molar-refractivity contribution < 1.29 is 23.8 Å². The molecule has 0 bridgehead atoms. The van der Waals surface area contributed by atoms with Crippen LogP contribution in [0.4, 0.5) is 0 Å². The standard InChI is InChI=1S/C21H20ClNO5/c1-3-7-26-21(25)18-11(2)23-14-5-4-6-15(24)20(14)19(18)12-8-16-17(9-13(12)22)28-10-27-16/h3,8-9,19,23H,1,4-7,10H2,2H3/t19-/m1/s1. The lowest BCUT2D eigenvalue weighted by Crippen LogP contribution is -2.34. The highest BCUT2D eigenvalue weighted by molar-refractivity contribution is 6.32. The van der Waals surface area contributed by atoms with E-state index in [0.717, 1.165) is 18.5 Å². The highest BCUT2D eigenvalue weighted by Gasteiger charge is 2.40. The van der Waals surface area contributed by atoms with Crippen LogP contribution >= 0.6 is 11.6 Å². The Hall–Kier alpha value is -2.73. The van der Waals surface area contributed by atoms with Crippen LogP contribution in [0.3, 0.4) is 0 Å². The number of ether oxygens (including phenoxy) is 3. The Labute approximate surface area is 167 Å². The number of allylic oxidation sites excluding steroid dienone is 3. The molecule has 1 atom stereocenters. The summed E-state index contributed by atoms with van der Waals surface area (Å²) in [6.45, 7) is 5.58. The van der Waals surface area contributed by atoms with Crippen molar-refractivity contribution in [2.45, 2.75) is 32.1 Å². The van der Waals surface area contributed by atoms with Gasteiger partial charge in [-0.2, -0.15) is 0 Å². The first-order valence-corrected chi connectivity index (χ1v) is 9.50. The maximum atomic E-state index is 12.9.